The van der Waals surface area contributed by atoms with E-state index in [4.69, 9.17) is 4.42 Å². The molecule has 4 heteroatoms. The number of thiophene rings is 1. The molecule has 2 aromatic heterocycles. The Bertz CT molecular complexity index is 378. The summed E-state index contributed by atoms with van der Waals surface area (Å²) in [6.07, 6.45) is 0.959. The third kappa shape index (κ3) is 1.64. The number of aliphatic hydroxyl groups excluding tert-OH is 1. The van der Waals surface area contributed by atoms with Crippen molar-refractivity contribution < 1.29 is 9.52 Å². The van der Waals surface area contributed by atoms with E-state index < -0.39 is 6.10 Å². The molecule has 0 amide bonds. The quantitative estimate of drug-likeness (QED) is 0.800. The lowest BCUT2D eigenvalue weighted by atomic mass is 10.3. The molecule has 0 bridgehead atoms. The van der Waals surface area contributed by atoms with Crippen LogP contribution >= 0.6 is 11.3 Å². The molecule has 1 N–H and O–H groups in total. The second kappa shape index (κ2) is 3.32. The van der Waals surface area contributed by atoms with Gasteiger partial charge < -0.3 is 9.52 Å². The summed E-state index contributed by atoms with van der Waals surface area (Å²) in [5.41, 5.74) is 0. The standard InChI is InChI=1S/C9H9NO2S/c1-6(11)7-5-10-9(12-7)8-3-2-4-13-8/h2-6,11H,1H3. The van der Waals surface area contributed by atoms with Crippen LogP contribution in [0, 0.1) is 0 Å². The summed E-state index contributed by atoms with van der Waals surface area (Å²) in [5, 5.41) is 11.2. The van der Waals surface area contributed by atoms with Crippen molar-refractivity contribution in [3.8, 4) is 10.8 Å². The molecule has 2 aromatic rings. The molecule has 1 unspecified atom stereocenters. The Hall–Kier alpha value is -1.13. The topological polar surface area (TPSA) is 46.3 Å². The van der Waals surface area contributed by atoms with Crippen LogP contribution in [0.5, 0.6) is 0 Å². The first kappa shape index (κ1) is 8.47. The highest BCUT2D eigenvalue weighted by atomic mass is 32.1. The number of oxazole rings is 1. The predicted molar refractivity (Wildman–Crippen MR) is 50.4 cm³/mol. The van der Waals surface area contributed by atoms with Crippen LogP contribution in [-0.4, -0.2) is 10.1 Å². The third-order valence-electron chi connectivity index (χ3n) is 1.67. The normalized spacial score (nSPS) is 13.1. The van der Waals surface area contributed by atoms with Crippen molar-refractivity contribution in [2.24, 2.45) is 0 Å². The lowest BCUT2D eigenvalue weighted by Gasteiger charge is -1.95. The van der Waals surface area contributed by atoms with Crippen LogP contribution in [0.15, 0.2) is 28.1 Å². The van der Waals surface area contributed by atoms with Gasteiger partial charge in [-0.1, -0.05) is 6.07 Å². The van der Waals surface area contributed by atoms with Gasteiger partial charge in [-0.25, -0.2) is 4.98 Å². The van der Waals surface area contributed by atoms with E-state index in [9.17, 15) is 5.11 Å². The summed E-state index contributed by atoms with van der Waals surface area (Å²) in [7, 11) is 0. The van der Waals surface area contributed by atoms with E-state index >= 15 is 0 Å². The molecular weight excluding hydrogens is 186 g/mol. The third-order valence-corrected chi connectivity index (χ3v) is 2.53. The molecule has 13 heavy (non-hydrogen) atoms. The minimum absolute atomic E-state index is 0.503. The molecule has 0 aliphatic heterocycles. The average molecular weight is 195 g/mol. The van der Waals surface area contributed by atoms with E-state index in [-0.39, 0.29) is 0 Å². The number of hydrogen-bond acceptors (Lipinski definition) is 4. The molecule has 0 aliphatic rings. The summed E-state index contributed by atoms with van der Waals surface area (Å²) in [6, 6.07) is 3.87. The largest absolute Gasteiger partial charge is 0.438 e. The lowest BCUT2D eigenvalue weighted by molar-refractivity contribution is 0.170. The second-order valence-electron chi connectivity index (χ2n) is 2.72. The molecule has 1 atom stereocenters. The zero-order chi connectivity index (χ0) is 9.26. The summed E-state index contributed by atoms with van der Waals surface area (Å²) in [6.45, 7) is 1.65. The van der Waals surface area contributed by atoms with Crippen molar-refractivity contribution >= 4 is 11.3 Å². The molecule has 0 spiro atoms. The van der Waals surface area contributed by atoms with Crippen molar-refractivity contribution in [1.29, 1.82) is 0 Å². The second-order valence-corrected chi connectivity index (χ2v) is 3.67. The Morgan fingerprint density at radius 2 is 2.46 bits per heavy atom. The van der Waals surface area contributed by atoms with Crippen molar-refractivity contribution in [2.45, 2.75) is 13.0 Å². The first-order chi connectivity index (χ1) is 6.27. The highest BCUT2D eigenvalue weighted by Gasteiger charge is 2.10. The first-order valence-corrected chi connectivity index (χ1v) is 4.83. The molecular formula is C9H9NO2S. The van der Waals surface area contributed by atoms with Gasteiger partial charge in [0.15, 0.2) is 5.76 Å². The van der Waals surface area contributed by atoms with Crippen LogP contribution in [0.2, 0.25) is 0 Å². The summed E-state index contributed by atoms with van der Waals surface area (Å²) < 4.78 is 5.34. The maximum atomic E-state index is 9.20. The van der Waals surface area contributed by atoms with Gasteiger partial charge in [-0.05, 0) is 18.4 Å². The van der Waals surface area contributed by atoms with Crippen molar-refractivity contribution in [3.05, 3.63) is 29.5 Å². The van der Waals surface area contributed by atoms with Gasteiger partial charge in [-0.3, -0.25) is 0 Å². The smallest absolute Gasteiger partial charge is 0.236 e. The molecule has 2 rings (SSSR count). The van der Waals surface area contributed by atoms with Gasteiger partial charge >= 0.3 is 0 Å². The van der Waals surface area contributed by atoms with Gasteiger partial charge in [0.25, 0.3) is 0 Å². The predicted octanol–water partition coefficient (Wildman–Crippen LogP) is 2.46. The fourth-order valence-electron chi connectivity index (χ4n) is 0.994. The van der Waals surface area contributed by atoms with Crippen LogP contribution in [0.3, 0.4) is 0 Å². The molecule has 2 heterocycles. The van der Waals surface area contributed by atoms with Crippen LogP contribution in [0.4, 0.5) is 0 Å². The molecule has 0 fully saturated rings. The van der Waals surface area contributed by atoms with Gasteiger partial charge in [0, 0.05) is 0 Å². The van der Waals surface area contributed by atoms with Crippen molar-refractivity contribution in [3.63, 3.8) is 0 Å². The first-order valence-electron chi connectivity index (χ1n) is 3.95. The van der Waals surface area contributed by atoms with E-state index in [0.29, 0.717) is 11.7 Å². The van der Waals surface area contributed by atoms with E-state index in [1.54, 1.807) is 24.5 Å². The Morgan fingerprint density at radius 1 is 1.62 bits per heavy atom. The summed E-state index contributed by atoms with van der Waals surface area (Å²) in [5.74, 6) is 1.08. The number of hydrogen-bond donors (Lipinski definition) is 1. The van der Waals surface area contributed by atoms with Crippen LogP contribution in [0.25, 0.3) is 10.8 Å². The lowest BCUT2D eigenvalue weighted by Crippen LogP contribution is -1.85. The minimum atomic E-state index is -0.596. The highest BCUT2D eigenvalue weighted by Crippen LogP contribution is 2.25. The average Bonchev–Trinajstić information content (AvgIpc) is 2.75. The molecule has 0 saturated carbocycles. The highest BCUT2D eigenvalue weighted by molar-refractivity contribution is 7.13. The Balaban J connectivity index is 2.33. The SMILES string of the molecule is CC(O)c1cnc(-c2cccs2)o1. The van der Waals surface area contributed by atoms with E-state index in [1.165, 1.54) is 0 Å². The van der Waals surface area contributed by atoms with Crippen molar-refractivity contribution in [2.75, 3.05) is 0 Å². The van der Waals surface area contributed by atoms with Crippen LogP contribution < -0.4 is 0 Å². The van der Waals surface area contributed by atoms with Gasteiger partial charge in [0.2, 0.25) is 5.89 Å². The van der Waals surface area contributed by atoms with Gasteiger partial charge in [-0.15, -0.1) is 11.3 Å². The maximum Gasteiger partial charge on any atom is 0.236 e. The molecule has 0 saturated heterocycles. The van der Waals surface area contributed by atoms with E-state index in [0.717, 1.165) is 4.88 Å². The van der Waals surface area contributed by atoms with E-state index in [2.05, 4.69) is 4.98 Å². The Labute approximate surface area is 79.7 Å². The van der Waals surface area contributed by atoms with Gasteiger partial charge in [-0.2, -0.15) is 0 Å². The fraction of sp³-hybridized carbons (Fsp3) is 0.222. The Kier molecular flexibility index (Phi) is 2.16. The van der Waals surface area contributed by atoms with Crippen molar-refractivity contribution in [1.82, 2.24) is 4.98 Å². The Morgan fingerprint density at radius 3 is 3.00 bits per heavy atom. The van der Waals surface area contributed by atoms with E-state index in [1.807, 2.05) is 17.5 Å². The molecule has 0 radical (unpaired) electrons. The van der Waals surface area contributed by atoms with Crippen LogP contribution in [0.1, 0.15) is 18.8 Å². The minimum Gasteiger partial charge on any atom is -0.438 e. The zero-order valence-electron chi connectivity index (χ0n) is 7.10. The fourth-order valence-corrected chi connectivity index (χ4v) is 1.65. The van der Waals surface area contributed by atoms with Gasteiger partial charge in [0.05, 0.1) is 11.1 Å². The van der Waals surface area contributed by atoms with Gasteiger partial charge in [0.1, 0.15) is 6.10 Å². The maximum absolute atomic E-state index is 9.20. The number of aromatic nitrogens is 1. The number of nitrogens with zero attached hydrogens (tertiary/aromatic N) is 1. The monoisotopic (exact) mass is 195 g/mol. The van der Waals surface area contributed by atoms with Crippen LogP contribution in [-0.2, 0) is 0 Å². The number of rotatable bonds is 2. The molecule has 0 aliphatic carbocycles. The molecule has 0 aromatic carbocycles. The summed E-state index contributed by atoms with van der Waals surface area (Å²) in [4.78, 5) is 5.04. The summed E-state index contributed by atoms with van der Waals surface area (Å²) >= 11 is 1.56. The zero-order valence-corrected chi connectivity index (χ0v) is 7.91. The molecule has 3 nitrogen and oxygen atoms in total. The number of aliphatic hydroxyl groups is 1. The molecule has 68 valence electrons.